The Morgan fingerprint density at radius 2 is 1.77 bits per heavy atom. The van der Waals surface area contributed by atoms with Crippen molar-refractivity contribution in [3.8, 4) is 11.3 Å². The average Bonchev–Trinajstić information content (AvgIpc) is 3.20. The minimum absolute atomic E-state index is 0.124. The molecule has 4 rings (SSSR count). The fourth-order valence-electron chi connectivity index (χ4n) is 3.19. The summed E-state index contributed by atoms with van der Waals surface area (Å²) in [6, 6.07) is 15.0. The van der Waals surface area contributed by atoms with E-state index in [2.05, 4.69) is 5.32 Å². The second-order valence-corrected chi connectivity index (χ2v) is 6.77. The second-order valence-electron chi connectivity index (χ2n) is 6.77. The number of nitro groups is 1. The minimum atomic E-state index is -0.860. The van der Waals surface area contributed by atoms with Gasteiger partial charge in [-0.3, -0.25) is 25.0 Å². The molecule has 2 aromatic carbocycles. The molecule has 0 radical (unpaired) electrons. The van der Waals surface area contributed by atoms with Crippen molar-refractivity contribution in [2.24, 2.45) is 0 Å². The zero-order chi connectivity index (χ0) is 22.1. The van der Waals surface area contributed by atoms with Gasteiger partial charge in [-0.1, -0.05) is 24.3 Å². The number of urea groups is 1. The number of carbonyl (C=O) groups excluding carboxylic acids is 3. The molecular weight excluding hydrogens is 402 g/mol. The first-order valence-corrected chi connectivity index (χ1v) is 9.17. The van der Waals surface area contributed by atoms with Crippen LogP contribution in [0.3, 0.4) is 0 Å². The molecule has 0 atom stereocenters. The summed E-state index contributed by atoms with van der Waals surface area (Å²) >= 11 is 0. The lowest BCUT2D eigenvalue weighted by Crippen LogP contribution is -2.54. The number of amides is 4. The van der Waals surface area contributed by atoms with Gasteiger partial charge in [0, 0.05) is 6.07 Å². The van der Waals surface area contributed by atoms with Crippen molar-refractivity contribution >= 4 is 35.3 Å². The van der Waals surface area contributed by atoms with Crippen LogP contribution in [0.1, 0.15) is 11.3 Å². The molecule has 0 unspecified atom stereocenters. The van der Waals surface area contributed by atoms with Crippen LogP contribution in [0.25, 0.3) is 17.4 Å². The summed E-state index contributed by atoms with van der Waals surface area (Å²) in [5.41, 5.74) is 0.864. The average molecular weight is 417 g/mol. The third-order valence-electron chi connectivity index (χ3n) is 4.64. The first-order valence-electron chi connectivity index (χ1n) is 9.17. The molecule has 1 saturated heterocycles. The summed E-state index contributed by atoms with van der Waals surface area (Å²) in [6.45, 7) is 1.74. The minimum Gasteiger partial charge on any atom is -0.456 e. The lowest BCUT2D eigenvalue weighted by Gasteiger charge is -2.26. The van der Waals surface area contributed by atoms with Crippen LogP contribution in [0.15, 0.2) is 70.7 Å². The van der Waals surface area contributed by atoms with E-state index in [1.165, 1.54) is 24.3 Å². The lowest BCUT2D eigenvalue weighted by atomic mass is 10.1. The van der Waals surface area contributed by atoms with Gasteiger partial charge in [0.1, 0.15) is 17.1 Å². The van der Waals surface area contributed by atoms with Gasteiger partial charge in [0.25, 0.3) is 17.5 Å². The maximum atomic E-state index is 12.9. The van der Waals surface area contributed by atoms with Crippen molar-refractivity contribution in [2.45, 2.75) is 6.92 Å². The summed E-state index contributed by atoms with van der Waals surface area (Å²) in [4.78, 5) is 49.0. The molecular formula is C22H15N3O6. The maximum Gasteiger partial charge on any atom is 0.335 e. The van der Waals surface area contributed by atoms with Gasteiger partial charge in [-0.25, -0.2) is 9.69 Å². The predicted octanol–water partition coefficient (Wildman–Crippen LogP) is 3.83. The third kappa shape index (κ3) is 3.71. The van der Waals surface area contributed by atoms with Crippen molar-refractivity contribution < 1.29 is 23.7 Å². The highest BCUT2D eigenvalue weighted by molar-refractivity contribution is 6.39. The smallest absolute Gasteiger partial charge is 0.335 e. The van der Waals surface area contributed by atoms with Crippen LogP contribution in [0.4, 0.5) is 16.2 Å². The SMILES string of the molecule is Cc1ccc(-c2ccc(/C=C3\C(=O)NC(=O)N(c4ccccc4)C3=O)o2)c([N+](=O)[O-])c1. The molecule has 9 heteroatoms. The molecule has 4 amide bonds. The van der Waals surface area contributed by atoms with Gasteiger partial charge in [-0.2, -0.15) is 0 Å². The molecule has 1 aliphatic heterocycles. The van der Waals surface area contributed by atoms with Gasteiger partial charge in [0.2, 0.25) is 0 Å². The highest BCUT2D eigenvalue weighted by Crippen LogP contribution is 2.32. The highest BCUT2D eigenvalue weighted by atomic mass is 16.6. The van der Waals surface area contributed by atoms with Gasteiger partial charge in [-0.05, 0) is 48.9 Å². The molecule has 9 nitrogen and oxygen atoms in total. The second kappa shape index (κ2) is 7.71. The molecule has 2 heterocycles. The number of barbiturate groups is 1. The number of carbonyl (C=O) groups is 3. The van der Waals surface area contributed by atoms with E-state index >= 15 is 0 Å². The Bertz CT molecular complexity index is 1260. The molecule has 0 bridgehead atoms. The maximum absolute atomic E-state index is 12.9. The molecule has 0 aliphatic carbocycles. The van der Waals surface area contributed by atoms with Crippen molar-refractivity contribution in [3.63, 3.8) is 0 Å². The monoisotopic (exact) mass is 417 g/mol. The van der Waals surface area contributed by atoms with E-state index in [1.54, 1.807) is 49.4 Å². The Morgan fingerprint density at radius 3 is 2.48 bits per heavy atom. The Kier molecular flexibility index (Phi) is 4.92. The van der Waals surface area contributed by atoms with Gasteiger partial charge < -0.3 is 4.42 Å². The van der Waals surface area contributed by atoms with Crippen LogP contribution in [-0.4, -0.2) is 22.8 Å². The fraction of sp³-hybridized carbons (Fsp3) is 0.0455. The van der Waals surface area contributed by atoms with E-state index in [4.69, 9.17) is 4.42 Å². The van der Waals surface area contributed by atoms with Gasteiger partial charge in [0.05, 0.1) is 16.2 Å². The molecule has 1 fully saturated rings. The predicted molar refractivity (Wildman–Crippen MR) is 111 cm³/mol. The molecule has 3 aromatic rings. The van der Waals surface area contributed by atoms with Crippen LogP contribution < -0.4 is 10.2 Å². The van der Waals surface area contributed by atoms with E-state index in [0.717, 1.165) is 10.5 Å². The first-order chi connectivity index (χ1) is 14.8. The van der Waals surface area contributed by atoms with E-state index in [-0.39, 0.29) is 28.3 Å². The quantitative estimate of drug-likeness (QED) is 0.298. The van der Waals surface area contributed by atoms with Crippen LogP contribution in [0.5, 0.6) is 0 Å². The number of nitrogens with one attached hydrogen (secondary N) is 1. The number of nitrogens with zero attached hydrogens (tertiary/aromatic N) is 2. The Balaban J connectivity index is 1.70. The largest absolute Gasteiger partial charge is 0.456 e. The number of benzene rings is 2. The summed E-state index contributed by atoms with van der Waals surface area (Å²) in [6.07, 6.45) is 1.20. The summed E-state index contributed by atoms with van der Waals surface area (Å²) in [5, 5.41) is 13.5. The summed E-state index contributed by atoms with van der Waals surface area (Å²) in [7, 11) is 0. The highest BCUT2D eigenvalue weighted by Gasteiger charge is 2.37. The number of para-hydroxylation sites is 1. The zero-order valence-electron chi connectivity index (χ0n) is 16.2. The number of hydrogen-bond acceptors (Lipinski definition) is 6. The van der Waals surface area contributed by atoms with Gasteiger partial charge in [0.15, 0.2) is 0 Å². The van der Waals surface area contributed by atoms with Gasteiger partial charge in [-0.15, -0.1) is 0 Å². The van der Waals surface area contributed by atoms with Crippen LogP contribution in [0, 0.1) is 17.0 Å². The Hall–Kier alpha value is -4.53. The molecule has 154 valence electrons. The topological polar surface area (TPSA) is 123 Å². The number of rotatable bonds is 4. The van der Waals surface area contributed by atoms with Crippen molar-refractivity contribution in [3.05, 3.63) is 87.7 Å². The Labute approximate surface area is 175 Å². The number of furan rings is 1. The van der Waals surface area contributed by atoms with E-state index in [9.17, 15) is 24.5 Å². The summed E-state index contributed by atoms with van der Waals surface area (Å²) in [5.74, 6) is -1.33. The van der Waals surface area contributed by atoms with Crippen molar-refractivity contribution in [1.29, 1.82) is 0 Å². The Morgan fingerprint density at radius 1 is 1.03 bits per heavy atom. The standard InChI is InChI=1S/C22H15N3O6/c1-13-7-9-16(18(11-13)25(29)30)19-10-8-15(31-19)12-17-20(26)23-22(28)24(21(17)27)14-5-3-2-4-6-14/h2-12H,1H3,(H,23,26,28)/b17-12+. The van der Waals surface area contributed by atoms with Crippen LogP contribution in [0.2, 0.25) is 0 Å². The first kappa shape index (κ1) is 19.8. The van der Waals surface area contributed by atoms with Crippen LogP contribution >= 0.6 is 0 Å². The normalized spacial score (nSPS) is 15.3. The lowest BCUT2D eigenvalue weighted by molar-refractivity contribution is -0.384. The van der Waals surface area contributed by atoms with E-state index < -0.39 is 22.8 Å². The number of imide groups is 2. The van der Waals surface area contributed by atoms with E-state index in [0.29, 0.717) is 5.69 Å². The molecule has 31 heavy (non-hydrogen) atoms. The number of anilines is 1. The van der Waals surface area contributed by atoms with Crippen molar-refractivity contribution in [1.82, 2.24) is 5.32 Å². The molecule has 0 saturated carbocycles. The number of nitro benzene ring substituents is 1. The number of aryl methyl sites for hydroxylation is 1. The number of hydrogen-bond donors (Lipinski definition) is 1. The fourth-order valence-corrected chi connectivity index (χ4v) is 3.19. The van der Waals surface area contributed by atoms with Gasteiger partial charge >= 0.3 is 6.03 Å². The van der Waals surface area contributed by atoms with Crippen LogP contribution in [-0.2, 0) is 9.59 Å². The van der Waals surface area contributed by atoms with Crippen molar-refractivity contribution in [2.75, 3.05) is 4.90 Å². The third-order valence-corrected chi connectivity index (χ3v) is 4.64. The molecule has 1 aliphatic rings. The molecule has 1 N–H and O–H groups in total. The molecule has 1 aromatic heterocycles. The molecule has 0 spiro atoms. The zero-order valence-corrected chi connectivity index (χ0v) is 16.2. The summed E-state index contributed by atoms with van der Waals surface area (Å²) < 4.78 is 5.65. The van der Waals surface area contributed by atoms with E-state index in [1.807, 2.05) is 0 Å².